The number of halogens is 2. The summed E-state index contributed by atoms with van der Waals surface area (Å²) in [5, 5.41) is 10.2. The fourth-order valence-electron chi connectivity index (χ4n) is 2.17. The summed E-state index contributed by atoms with van der Waals surface area (Å²) in [4.78, 5) is 0. The molecular formula is C12H14BrFO. The molecule has 82 valence electrons. The molecule has 1 nitrogen and oxygen atoms in total. The Kier molecular flexibility index (Phi) is 2.86. The zero-order valence-corrected chi connectivity index (χ0v) is 10.2. The van der Waals surface area contributed by atoms with Gasteiger partial charge < -0.3 is 5.11 Å². The molecular weight excluding hydrogens is 259 g/mol. The van der Waals surface area contributed by atoms with E-state index in [9.17, 15) is 9.50 Å². The molecule has 0 heterocycles. The van der Waals surface area contributed by atoms with E-state index in [0.717, 1.165) is 17.3 Å². The summed E-state index contributed by atoms with van der Waals surface area (Å²) in [6, 6.07) is 4.74. The maximum absolute atomic E-state index is 13.5. The highest BCUT2D eigenvalue weighted by atomic mass is 79.9. The minimum Gasteiger partial charge on any atom is -0.385 e. The lowest BCUT2D eigenvalue weighted by molar-refractivity contribution is 0.124. The summed E-state index contributed by atoms with van der Waals surface area (Å²) >= 11 is 3.30. The molecule has 0 radical (unpaired) electrons. The first kappa shape index (κ1) is 11.1. The molecule has 0 spiro atoms. The number of aliphatic hydroxyl groups is 1. The van der Waals surface area contributed by atoms with Gasteiger partial charge in [-0.05, 0) is 37.0 Å². The number of hydrogen-bond donors (Lipinski definition) is 1. The van der Waals surface area contributed by atoms with Crippen molar-refractivity contribution in [1.82, 2.24) is 0 Å². The minimum absolute atomic E-state index is 0.228. The lowest BCUT2D eigenvalue weighted by atomic mass is 10.0. The summed E-state index contributed by atoms with van der Waals surface area (Å²) in [5.74, 6) is -0.0781. The maximum atomic E-state index is 13.5. The van der Waals surface area contributed by atoms with Crippen LogP contribution in [-0.4, -0.2) is 5.11 Å². The molecule has 0 aliphatic heterocycles. The molecule has 0 bridgehead atoms. The van der Waals surface area contributed by atoms with Gasteiger partial charge in [-0.1, -0.05) is 29.3 Å². The van der Waals surface area contributed by atoms with Crippen LogP contribution < -0.4 is 0 Å². The molecule has 2 atom stereocenters. The highest BCUT2D eigenvalue weighted by Gasteiger charge is 2.54. The summed E-state index contributed by atoms with van der Waals surface area (Å²) in [5.41, 5.74) is -0.473. The standard InChI is InChI=1S/C12H14BrFO/c1-2-3-8-7-12(8,15)10-6-9(13)4-5-11(10)14/h4-6,8,15H,2-3,7H2,1H3. The van der Waals surface area contributed by atoms with Gasteiger partial charge in [0.15, 0.2) is 0 Å². The first-order valence-electron chi connectivity index (χ1n) is 5.26. The Labute approximate surface area is 97.4 Å². The van der Waals surface area contributed by atoms with Crippen LogP contribution in [0.4, 0.5) is 4.39 Å². The summed E-state index contributed by atoms with van der Waals surface area (Å²) in [7, 11) is 0. The van der Waals surface area contributed by atoms with Crippen molar-refractivity contribution < 1.29 is 9.50 Å². The van der Waals surface area contributed by atoms with Crippen molar-refractivity contribution in [2.75, 3.05) is 0 Å². The van der Waals surface area contributed by atoms with Crippen LogP contribution in [0.15, 0.2) is 22.7 Å². The molecule has 1 aromatic rings. The van der Waals surface area contributed by atoms with Crippen LogP contribution in [0.2, 0.25) is 0 Å². The number of rotatable bonds is 3. The highest BCUT2D eigenvalue weighted by Crippen LogP contribution is 2.55. The van der Waals surface area contributed by atoms with Crippen molar-refractivity contribution in [1.29, 1.82) is 0 Å². The summed E-state index contributed by atoms with van der Waals surface area (Å²) in [6.07, 6.45) is 2.68. The van der Waals surface area contributed by atoms with E-state index in [-0.39, 0.29) is 11.7 Å². The highest BCUT2D eigenvalue weighted by molar-refractivity contribution is 9.10. The van der Waals surface area contributed by atoms with Gasteiger partial charge in [0.2, 0.25) is 0 Å². The minimum atomic E-state index is -0.913. The average molecular weight is 273 g/mol. The SMILES string of the molecule is CCCC1CC1(O)c1cc(Br)ccc1F. The van der Waals surface area contributed by atoms with Crippen molar-refractivity contribution in [3.63, 3.8) is 0 Å². The van der Waals surface area contributed by atoms with E-state index in [4.69, 9.17) is 0 Å². The molecule has 1 N–H and O–H groups in total. The van der Waals surface area contributed by atoms with Gasteiger partial charge in [-0.25, -0.2) is 4.39 Å². The molecule has 2 unspecified atom stereocenters. The van der Waals surface area contributed by atoms with Gasteiger partial charge in [0, 0.05) is 10.0 Å². The molecule has 1 aliphatic rings. The Morgan fingerprint density at radius 3 is 3.00 bits per heavy atom. The van der Waals surface area contributed by atoms with Crippen molar-refractivity contribution in [3.8, 4) is 0 Å². The Balaban J connectivity index is 2.27. The first-order valence-corrected chi connectivity index (χ1v) is 6.05. The van der Waals surface area contributed by atoms with Gasteiger partial charge in [0.1, 0.15) is 5.82 Å². The third kappa shape index (κ3) is 1.95. The second kappa shape index (κ2) is 3.87. The molecule has 3 heteroatoms. The Bertz CT molecular complexity index is 380. The van der Waals surface area contributed by atoms with Crippen molar-refractivity contribution in [2.45, 2.75) is 31.8 Å². The fraction of sp³-hybridized carbons (Fsp3) is 0.500. The number of benzene rings is 1. The third-order valence-corrected chi connectivity index (χ3v) is 3.60. The normalized spacial score (nSPS) is 29.2. The van der Waals surface area contributed by atoms with E-state index in [1.165, 1.54) is 6.07 Å². The summed E-state index contributed by atoms with van der Waals surface area (Å²) < 4.78 is 14.4. The topological polar surface area (TPSA) is 20.2 Å². The average Bonchev–Trinajstić information content (AvgIpc) is 2.83. The van der Waals surface area contributed by atoms with Gasteiger partial charge in [0.25, 0.3) is 0 Å². The molecule has 0 saturated heterocycles. The lowest BCUT2D eigenvalue weighted by Crippen LogP contribution is -2.11. The molecule has 1 aromatic carbocycles. The molecule has 15 heavy (non-hydrogen) atoms. The molecule has 1 saturated carbocycles. The second-order valence-electron chi connectivity index (χ2n) is 4.24. The van der Waals surface area contributed by atoms with Crippen LogP contribution in [0.1, 0.15) is 31.7 Å². The molecule has 2 rings (SSSR count). The number of hydrogen-bond acceptors (Lipinski definition) is 1. The predicted molar refractivity (Wildman–Crippen MR) is 61.0 cm³/mol. The zero-order chi connectivity index (χ0) is 11.1. The van der Waals surface area contributed by atoms with Crippen LogP contribution in [0.25, 0.3) is 0 Å². The van der Waals surface area contributed by atoms with Gasteiger partial charge in [-0.15, -0.1) is 0 Å². The second-order valence-corrected chi connectivity index (χ2v) is 5.15. The van der Waals surface area contributed by atoms with Crippen LogP contribution in [0, 0.1) is 11.7 Å². The zero-order valence-electron chi connectivity index (χ0n) is 8.63. The molecule has 0 aromatic heterocycles. The van der Waals surface area contributed by atoms with Crippen LogP contribution >= 0.6 is 15.9 Å². The van der Waals surface area contributed by atoms with Crippen molar-refractivity contribution in [2.24, 2.45) is 5.92 Å². The van der Waals surface area contributed by atoms with Crippen LogP contribution in [0.3, 0.4) is 0 Å². The van der Waals surface area contributed by atoms with Gasteiger partial charge in [0.05, 0.1) is 5.60 Å². The molecule has 1 fully saturated rings. The monoisotopic (exact) mass is 272 g/mol. The van der Waals surface area contributed by atoms with E-state index < -0.39 is 5.60 Å². The van der Waals surface area contributed by atoms with E-state index in [0.29, 0.717) is 12.0 Å². The van der Waals surface area contributed by atoms with Crippen molar-refractivity contribution in [3.05, 3.63) is 34.1 Å². The van der Waals surface area contributed by atoms with Gasteiger partial charge in [-0.3, -0.25) is 0 Å². The van der Waals surface area contributed by atoms with Gasteiger partial charge in [-0.2, -0.15) is 0 Å². The third-order valence-electron chi connectivity index (χ3n) is 3.10. The Morgan fingerprint density at radius 1 is 1.60 bits per heavy atom. The van der Waals surface area contributed by atoms with Crippen molar-refractivity contribution >= 4 is 15.9 Å². The van der Waals surface area contributed by atoms with E-state index in [1.54, 1.807) is 12.1 Å². The molecule has 1 aliphatic carbocycles. The molecule has 0 amide bonds. The predicted octanol–water partition coefficient (Wildman–Crippen LogP) is 3.60. The van der Waals surface area contributed by atoms with E-state index >= 15 is 0 Å². The smallest absolute Gasteiger partial charge is 0.129 e. The Morgan fingerprint density at radius 2 is 2.33 bits per heavy atom. The Hall–Kier alpha value is -0.410. The van der Waals surface area contributed by atoms with E-state index in [2.05, 4.69) is 22.9 Å². The largest absolute Gasteiger partial charge is 0.385 e. The van der Waals surface area contributed by atoms with E-state index in [1.807, 2.05) is 0 Å². The summed E-state index contributed by atoms with van der Waals surface area (Å²) in [6.45, 7) is 2.08. The quantitative estimate of drug-likeness (QED) is 0.892. The van der Waals surface area contributed by atoms with Crippen LogP contribution in [0.5, 0.6) is 0 Å². The lowest BCUT2D eigenvalue weighted by Gasteiger charge is -2.12. The van der Waals surface area contributed by atoms with Crippen LogP contribution in [-0.2, 0) is 5.60 Å². The van der Waals surface area contributed by atoms with Gasteiger partial charge >= 0.3 is 0 Å². The fourth-order valence-corrected chi connectivity index (χ4v) is 2.53. The first-order chi connectivity index (χ1) is 7.08. The maximum Gasteiger partial charge on any atom is 0.129 e.